The zero-order chi connectivity index (χ0) is 13.2. The molecule has 0 radical (unpaired) electrons. The van der Waals surface area contributed by atoms with Crippen molar-refractivity contribution in [3.63, 3.8) is 0 Å². The molecule has 3 heteroatoms. The lowest BCUT2D eigenvalue weighted by molar-refractivity contribution is 0.604. The van der Waals surface area contributed by atoms with Crippen LogP contribution in [-0.4, -0.2) is 4.98 Å². The van der Waals surface area contributed by atoms with E-state index in [1.807, 2.05) is 12.1 Å². The SMILES string of the molecule is CC(C)(C)c1cc(C#Cc2cccnc2)c(Cl)s1. The molecule has 0 spiro atoms. The number of hydrogen-bond donors (Lipinski definition) is 0. The van der Waals surface area contributed by atoms with Crippen molar-refractivity contribution < 1.29 is 0 Å². The molecule has 2 aromatic heterocycles. The smallest absolute Gasteiger partial charge is 0.109 e. The molecule has 0 atom stereocenters. The molecule has 0 saturated carbocycles. The molecule has 18 heavy (non-hydrogen) atoms. The van der Waals surface area contributed by atoms with Crippen molar-refractivity contribution in [2.24, 2.45) is 0 Å². The van der Waals surface area contributed by atoms with Gasteiger partial charge in [0.25, 0.3) is 0 Å². The first-order chi connectivity index (χ1) is 8.47. The molecule has 2 heterocycles. The Bertz CT molecular complexity index is 597. The quantitative estimate of drug-likeness (QED) is 0.646. The molecule has 0 aliphatic carbocycles. The summed E-state index contributed by atoms with van der Waals surface area (Å²) in [4.78, 5) is 5.28. The average molecular weight is 276 g/mol. The molecule has 2 rings (SSSR count). The van der Waals surface area contributed by atoms with E-state index in [0.717, 1.165) is 15.5 Å². The fourth-order valence-electron chi connectivity index (χ4n) is 1.40. The number of halogens is 1. The minimum absolute atomic E-state index is 0.114. The van der Waals surface area contributed by atoms with Crippen LogP contribution < -0.4 is 0 Å². The van der Waals surface area contributed by atoms with Crippen LogP contribution >= 0.6 is 22.9 Å². The van der Waals surface area contributed by atoms with Gasteiger partial charge in [0.2, 0.25) is 0 Å². The number of hydrogen-bond acceptors (Lipinski definition) is 2. The summed E-state index contributed by atoms with van der Waals surface area (Å²) >= 11 is 7.82. The van der Waals surface area contributed by atoms with E-state index in [1.165, 1.54) is 4.88 Å². The topological polar surface area (TPSA) is 12.9 Å². The van der Waals surface area contributed by atoms with Gasteiger partial charge in [0.15, 0.2) is 0 Å². The largest absolute Gasteiger partial charge is 0.263 e. The Labute approximate surface area is 117 Å². The highest BCUT2D eigenvalue weighted by Gasteiger charge is 2.18. The molecule has 0 aromatic carbocycles. The third kappa shape index (κ3) is 3.13. The number of aromatic nitrogens is 1. The fourth-order valence-corrected chi connectivity index (χ4v) is 2.65. The Balaban J connectivity index is 2.31. The maximum Gasteiger partial charge on any atom is 0.109 e. The normalized spacial score (nSPS) is 10.9. The molecule has 0 unspecified atom stereocenters. The van der Waals surface area contributed by atoms with E-state index in [2.05, 4.69) is 43.7 Å². The van der Waals surface area contributed by atoms with Gasteiger partial charge in [0.1, 0.15) is 4.34 Å². The second kappa shape index (κ2) is 5.14. The molecule has 0 fully saturated rings. The van der Waals surface area contributed by atoms with Crippen LogP contribution in [0.1, 0.15) is 36.8 Å². The van der Waals surface area contributed by atoms with Gasteiger partial charge in [-0.3, -0.25) is 4.98 Å². The molecular formula is C15H14ClNS. The number of pyridine rings is 1. The number of thiophene rings is 1. The highest BCUT2D eigenvalue weighted by Crippen LogP contribution is 2.35. The van der Waals surface area contributed by atoms with Gasteiger partial charge in [0.05, 0.1) is 5.56 Å². The summed E-state index contributed by atoms with van der Waals surface area (Å²) in [5, 5.41) is 0. The predicted molar refractivity (Wildman–Crippen MR) is 78.2 cm³/mol. The summed E-state index contributed by atoms with van der Waals surface area (Å²) in [6.45, 7) is 6.52. The van der Waals surface area contributed by atoms with Gasteiger partial charge in [-0.2, -0.15) is 0 Å². The first-order valence-electron chi connectivity index (χ1n) is 5.68. The second-order valence-electron chi connectivity index (χ2n) is 5.04. The van der Waals surface area contributed by atoms with Crippen molar-refractivity contribution in [3.05, 3.63) is 50.9 Å². The van der Waals surface area contributed by atoms with Crippen LogP contribution in [0.15, 0.2) is 30.6 Å². The van der Waals surface area contributed by atoms with E-state index in [4.69, 9.17) is 11.6 Å². The van der Waals surface area contributed by atoms with E-state index in [0.29, 0.717) is 0 Å². The highest BCUT2D eigenvalue weighted by atomic mass is 35.5. The Kier molecular flexibility index (Phi) is 3.75. The van der Waals surface area contributed by atoms with Crippen LogP contribution in [0.4, 0.5) is 0 Å². The summed E-state index contributed by atoms with van der Waals surface area (Å²) in [5.74, 6) is 6.19. The van der Waals surface area contributed by atoms with E-state index < -0.39 is 0 Å². The summed E-state index contributed by atoms with van der Waals surface area (Å²) in [5.41, 5.74) is 1.91. The van der Waals surface area contributed by atoms with Gasteiger partial charge in [-0.1, -0.05) is 44.2 Å². The van der Waals surface area contributed by atoms with Crippen molar-refractivity contribution >= 4 is 22.9 Å². The van der Waals surface area contributed by atoms with E-state index in [-0.39, 0.29) is 5.41 Å². The van der Waals surface area contributed by atoms with Crippen LogP contribution in [0.2, 0.25) is 4.34 Å². The molecule has 0 bridgehead atoms. The van der Waals surface area contributed by atoms with Crippen molar-refractivity contribution in [3.8, 4) is 11.8 Å². The monoisotopic (exact) mass is 275 g/mol. The average Bonchev–Trinajstić information content (AvgIpc) is 2.69. The highest BCUT2D eigenvalue weighted by molar-refractivity contribution is 7.16. The number of rotatable bonds is 0. The van der Waals surface area contributed by atoms with Crippen LogP contribution in [0.25, 0.3) is 0 Å². The summed E-state index contributed by atoms with van der Waals surface area (Å²) in [7, 11) is 0. The third-order valence-electron chi connectivity index (χ3n) is 2.43. The number of nitrogens with zero attached hydrogens (tertiary/aromatic N) is 1. The van der Waals surface area contributed by atoms with Crippen molar-refractivity contribution in [1.82, 2.24) is 4.98 Å². The Morgan fingerprint density at radius 1 is 1.28 bits per heavy atom. The van der Waals surface area contributed by atoms with Crippen LogP contribution in [0.3, 0.4) is 0 Å². The van der Waals surface area contributed by atoms with Crippen molar-refractivity contribution in [2.45, 2.75) is 26.2 Å². The molecule has 92 valence electrons. The minimum atomic E-state index is 0.114. The molecule has 2 aromatic rings. The van der Waals surface area contributed by atoms with Gasteiger partial charge < -0.3 is 0 Å². The van der Waals surface area contributed by atoms with Gasteiger partial charge in [0, 0.05) is 22.8 Å². The standard InChI is InChI=1S/C15H14ClNS/c1-15(2,3)13-9-12(14(16)18-13)7-6-11-5-4-8-17-10-11/h4-5,8-10H,1-3H3. The van der Waals surface area contributed by atoms with Gasteiger partial charge >= 0.3 is 0 Å². The van der Waals surface area contributed by atoms with E-state index in [1.54, 1.807) is 23.7 Å². The maximum absolute atomic E-state index is 6.22. The first-order valence-corrected chi connectivity index (χ1v) is 6.88. The minimum Gasteiger partial charge on any atom is -0.263 e. The molecule has 0 saturated heterocycles. The first kappa shape index (κ1) is 13.1. The molecule has 1 nitrogen and oxygen atoms in total. The second-order valence-corrected chi connectivity index (χ2v) is 6.69. The van der Waals surface area contributed by atoms with Crippen molar-refractivity contribution in [1.29, 1.82) is 0 Å². The van der Waals surface area contributed by atoms with E-state index >= 15 is 0 Å². The summed E-state index contributed by atoms with van der Waals surface area (Å²) in [6, 6.07) is 5.89. The summed E-state index contributed by atoms with van der Waals surface area (Å²) in [6.07, 6.45) is 3.48. The Hall–Kier alpha value is -1.30. The molecule has 0 aliphatic heterocycles. The fraction of sp³-hybridized carbons (Fsp3) is 0.267. The lowest BCUT2D eigenvalue weighted by Gasteiger charge is -2.14. The predicted octanol–water partition coefficient (Wildman–Crippen LogP) is 4.49. The van der Waals surface area contributed by atoms with Crippen LogP contribution in [0, 0.1) is 11.8 Å². The maximum atomic E-state index is 6.22. The van der Waals surface area contributed by atoms with Gasteiger partial charge in [-0.15, -0.1) is 11.3 Å². The lowest BCUT2D eigenvalue weighted by atomic mass is 9.94. The molecule has 0 aliphatic rings. The molecular weight excluding hydrogens is 262 g/mol. The lowest BCUT2D eigenvalue weighted by Crippen LogP contribution is -2.07. The Morgan fingerprint density at radius 3 is 2.61 bits per heavy atom. The van der Waals surface area contributed by atoms with Crippen LogP contribution in [0.5, 0.6) is 0 Å². The Morgan fingerprint density at radius 2 is 2.06 bits per heavy atom. The van der Waals surface area contributed by atoms with Crippen molar-refractivity contribution in [2.75, 3.05) is 0 Å². The zero-order valence-electron chi connectivity index (χ0n) is 10.6. The molecule has 0 N–H and O–H groups in total. The molecule has 0 amide bonds. The van der Waals surface area contributed by atoms with Gasteiger partial charge in [-0.05, 0) is 23.6 Å². The van der Waals surface area contributed by atoms with Crippen LogP contribution in [-0.2, 0) is 5.41 Å². The summed E-state index contributed by atoms with van der Waals surface area (Å²) < 4.78 is 0.760. The zero-order valence-corrected chi connectivity index (χ0v) is 12.2. The van der Waals surface area contributed by atoms with E-state index in [9.17, 15) is 0 Å². The third-order valence-corrected chi connectivity index (χ3v) is 4.21. The van der Waals surface area contributed by atoms with Gasteiger partial charge in [-0.25, -0.2) is 0 Å².